The highest BCUT2D eigenvalue weighted by atomic mass is 32.2. The molecular formula is C25H32N6OS2. The highest BCUT2D eigenvalue weighted by Gasteiger charge is 2.35. The quantitative estimate of drug-likeness (QED) is 0.680. The van der Waals surface area contributed by atoms with Crippen LogP contribution in [-0.2, 0) is 4.79 Å². The van der Waals surface area contributed by atoms with Crippen LogP contribution < -0.4 is 10.6 Å². The molecule has 2 saturated heterocycles. The van der Waals surface area contributed by atoms with E-state index in [-0.39, 0.29) is 11.9 Å². The lowest BCUT2D eigenvalue weighted by Gasteiger charge is -2.42. The molecule has 2 aromatic rings. The number of anilines is 1. The van der Waals surface area contributed by atoms with Crippen LogP contribution in [0.15, 0.2) is 29.6 Å². The van der Waals surface area contributed by atoms with Crippen molar-refractivity contribution in [2.75, 3.05) is 49.3 Å². The Morgan fingerprint density at radius 3 is 2.47 bits per heavy atom. The molecule has 3 heterocycles. The van der Waals surface area contributed by atoms with E-state index in [2.05, 4.69) is 21.2 Å². The van der Waals surface area contributed by atoms with Crippen LogP contribution in [0.2, 0.25) is 0 Å². The molecule has 34 heavy (non-hydrogen) atoms. The van der Waals surface area contributed by atoms with Crippen molar-refractivity contribution in [3.63, 3.8) is 0 Å². The number of amides is 1. The minimum Gasteiger partial charge on any atom is -0.346 e. The van der Waals surface area contributed by atoms with Gasteiger partial charge in [0.15, 0.2) is 5.13 Å². The summed E-state index contributed by atoms with van der Waals surface area (Å²) in [6, 6.07) is 10.1. The standard InChI is InChI=1S/C25H32N6OS2/c26-15-18-1-3-19(4-2-18)22-16-34-25(28-22)30-11-9-29(10-12-30)21-7-5-20(6-8-21)23(27)24(32)31-13-14-33-17-31/h1-4,16,20-21,23H,5-14,17,27H2/t20-,21-,23-/m0/s1. The van der Waals surface area contributed by atoms with E-state index in [0.717, 1.165) is 86.4 Å². The molecule has 1 aromatic carbocycles. The Kier molecular flexibility index (Phi) is 7.40. The number of rotatable bonds is 5. The molecule has 1 saturated carbocycles. The molecular weight excluding hydrogens is 464 g/mol. The number of thiazole rings is 1. The van der Waals surface area contributed by atoms with Gasteiger partial charge in [-0.1, -0.05) is 12.1 Å². The lowest BCUT2D eigenvalue weighted by atomic mass is 9.80. The van der Waals surface area contributed by atoms with Gasteiger partial charge in [-0.25, -0.2) is 4.98 Å². The average Bonchev–Trinajstić information content (AvgIpc) is 3.61. The predicted molar refractivity (Wildman–Crippen MR) is 139 cm³/mol. The fourth-order valence-electron chi connectivity index (χ4n) is 5.36. The van der Waals surface area contributed by atoms with E-state index >= 15 is 0 Å². The first-order valence-corrected chi connectivity index (χ1v) is 14.2. The van der Waals surface area contributed by atoms with E-state index in [9.17, 15) is 4.79 Å². The number of hydrogen-bond donors (Lipinski definition) is 1. The third-order valence-corrected chi connectivity index (χ3v) is 9.37. The Labute approximate surface area is 209 Å². The summed E-state index contributed by atoms with van der Waals surface area (Å²) in [5.41, 5.74) is 9.09. The summed E-state index contributed by atoms with van der Waals surface area (Å²) < 4.78 is 0. The third kappa shape index (κ3) is 5.10. The number of piperazine rings is 1. The summed E-state index contributed by atoms with van der Waals surface area (Å²) in [6.07, 6.45) is 4.39. The second kappa shape index (κ2) is 10.6. The predicted octanol–water partition coefficient (Wildman–Crippen LogP) is 3.22. The van der Waals surface area contributed by atoms with Gasteiger partial charge in [-0.15, -0.1) is 23.1 Å². The maximum absolute atomic E-state index is 12.7. The van der Waals surface area contributed by atoms with E-state index in [4.69, 9.17) is 16.0 Å². The maximum Gasteiger partial charge on any atom is 0.240 e. The minimum atomic E-state index is -0.327. The van der Waals surface area contributed by atoms with Gasteiger partial charge in [0.05, 0.1) is 29.2 Å². The fourth-order valence-corrected chi connectivity index (χ4v) is 7.21. The van der Waals surface area contributed by atoms with Gasteiger partial charge in [-0.2, -0.15) is 5.26 Å². The molecule has 2 aliphatic heterocycles. The minimum absolute atomic E-state index is 0.158. The monoisotopic (exact) mass is 496 g/mol. The number of carbonyl (C=O) groups excluding carboxylic acids is 1. The van der Waals surface area contributed by atoms with Crippen molar-refractivity contribution in [1.82, 2.24) is 14.8 Å². The molecule has 1 aliphatic carbocycles. The summed E-state index contributed by atoms with van der Waals surface area (Å²) in [5.74, 6) is 2.33. The van der Waals surface area contributed by atoms with Gasteiger partial charge >= 0.3 is 0 Å². The van der Waals surface area contributed by atoms with Gasteiger partial charge in [-0.3, -0.25) is 9.69 Å². The Hall–Kier alpha value is -2.12. The van der Waals surface area contributed by atoms with Gasteiger partial charge in [-0.05, 0) is 43.7 Å². The fraction of sp³-hybridized carbons (Fsp3) is 0.560. The van der Waals surface area contributed by atoms with Crippen molar-refractivity contribution in [3.05, 3.63) is 35.2 Å². The number of benzene rings is 1. The number of nitriles is 1. The van der Waals surface area contributed by atoms with Crippen molar-refractivity contribution in [3.8, 4) is 17.3 Å². The van der Waals surface area contributed by atoms with Crippen molar-refractivity contribution >= 4 is 34.1 Å². The molecule has 180 valence electrons. The van der Waals surface area contributed by atoms with Gasteiger partial charge in [0.1, 0.15) is 0 Å². The molecule has 0 spiro atoms. The molecule has 1 amide bonds. The highest BCUT2D eigenvalue weighted by molar-refractivity contribution is 7.99. The molecule has 2 N–H and O–H groups in total. The second-order valence-corrected chi connectivity index (χ2v) is 11.4. The number of nitrogens with zero attached hydrogens (tertiary/aromatic N) is 5. The molecule has 3 aliphatic rings. The van der Waals surface area contributed by atoms with Crippen LogP contribution in [0.1, 0.15) is 31.2 Å². The zero-order valence-electron chi connectivity index (χ0n) is 19.4. The molecule has 0 bridgehead atoms. The Morgan fingerprint density at radius 2 is 1.82 bits per heavy atom. The Bertz CT molecular complexity index is 1010. The van der Waals surface area contributed by atoms with Crippen LogP contribution in [0.4, 0.5) is 5.13 Å². The van der Waals surface area contributed by atoms with Gasteiger partial charge < -0.3 is 15.5 Å². The largest absolute Gasteiger partial charge is 0.346 e. The third-order valence-electron chi connectivity index (χ3n) is 7.50. The van der Waals surface area contributed by atoms with E-state index < -0.39 is 0 Å². The van der Waals surface area contributed by atoms with E-state index in [1.807, 2.05) is 40.9 Å². The normalized spacial score (nSPS) is 24.7. The molecule has 3 fully saturated rings. The van der Waals surface area contributed by atoms with E-state index in [1.165, 1.54) is 0 Å². The topological polar surface area (TPSA) is 89.5 Å². The number of aromatic nitrogens is 1. The molecule has 9 heteroatoms. The molecule has 0 unspecified atom stereocenters. The van der Waals surface area contributed by atoms with E-state index in [1.54, 1.807) is 11.3 Å². The molecule has 1 aromatic heterocycles. The zero-order chi connectivity index (χ0) is 23.5. The zero-order valence-corrected chi connectivity index (χ0v) is 21.1. The van der Waals surface area contributed by atoms with Gasteiger partial charge in [0.25, 0.3) is 0 Å². The summed E-state index contributed by atoms with van der Waals surface area (Å²) >= 11 is 3.51. The summed E-state index contributed by atoms with van der Waals surface area (Å²) in [5, 5.41) is 12.2. The smallest absolute Gasteiger partial charge is 0.240 e. The maximum atomic E-state index is 12.7. The molecule has 7 nitrogen and oxygen atoms in total. The van der Waals surface area contributed by atoms with Crippen LogP contribution in [-0.4, -0.2) is 77.1 Å². The van der Waals surface area contributed by atoms with Crippen LogP contribution in [0, 0.1) is 17.2 Å². The van der Waals surface area contributed by atoms with Crippen LogP contribution in [0.3, 0.4) is 0 Å². The lowest BCUT2D eigenvalue weighted by molar-refractivity contribution is -0.132. The first-order valence-electron chi connectivity index (χ1n) is 12.2. The first kappa shape index (κ1) is 23.6. The molecule has 1 atom stereocenters. The highest BCUT2D eigenvalue weighted by Crippen LogP contribution is 2.32. The van der Waals surface area contributed by atoms with Crippen molar-refractivity contribution in [2.45, 2.75) is 37.8 Å². The SMILES string of the molecule is N#Cc1ccc(-c2csc(N3CCN([C@H]4CC[C@H]([C@H](N)C(=O)N5CCSC5)CC4)CC3)n2)cc1. The summed E-state index contributed by atoms with van der Waals surface area (Å²) in [6.45, 7) is 4.94. The molecule has 0 radical (unpaired) electrons. The number of thioether (sulfide) groups is 1. The van der Waals surface area contributed by atoms with Crippen molar-refractivity contribution in [1.29, 1.82) is 5.26 Å². The van der Waals surface area contributed by atoms with Crippen LogP contribution in [0.25, 0.3) is 11.3 Å². The average molecular weight is 497 g/mol. The summed E-state index contributed by atoms with van der Waals surface area (Å²) in [7, 11) is 0. The van der Waals surface area contributed by atoms with Crippen molar-refractivity contribution in [2.24, 2.45) is 11.7 Å². The van der Waals surface area contributed by atoms with Crippen molar-refractivity contribution < 1.29 is 4.79 Å². The van der Waals surface area contributed by atoms with Crippen LogP contribution >= 0.6 is 23.1 Å². The first-order chi connectivity index (χ1) is 16.6. The second-order valence-electron chi connectivity index (χ2n) is 9.46. The van der Waals surface area contributed by atoms with Gasteiger partial charge in [0.2, 0.25) is 5.91 Å². The number of carbonyl (C=O) groups is 1. The van der Waals surface area contributed by atoms with E-state index in [0.29, 0.717) is 17.5 Å². The summed E-state index contributed by atoms with van der Waals surface area (Å²) in [4.78, 5) is 24.5. The number of nitrogens with two attached hydrogens (primary N) is 1. The number of hydrogen-bond acceptors (Lipinski definition) is 8. The molecule has 5 rings (SSSR count). The lowest BCUT2D eigenvalue weighted by Crippen LogP contribution is -2.53. The van der Waals surface area contributed by atoms with Gasteiger partial charge in [0, 0.05) is 55.5 Å². The van der Waals surface area contributed by atoms with Crippen LogP contribution in [0.5, 0.6) is 0 Å². The Morgan fingerprint density at radius 1 is 1.09 bits per heavy atom. The Balaban J connectivity index is 1.10.